The van der Waals surface area contributed by atoms with Gasteiger partial charge in [0.05, 0.1) is 0 Å². The number of carbonyl (C=O) groups excluding carboxylic acids is 1. The summed E-state index contributed by atoms with van der Waals surface area (Å²) in [6.45, 7) is 1.59. The number of aryl methyl sites for hydroxylation is 1. The Morgan fingerprint density at radius 3 is 2.47 bits per heavy atom. The monoisotopic (exact) mass is 250 g/mol. The summed E-state index contributed by atoms with van der Waals surface area (Å²) in [6, 6.07) is 3.95. The summed E-state index contributed by atoms with van der Waals surface area (Å²) in [5.74, 6) is -6.76. The Hall–Kier alpha value is -1.79. The predicted octanol–water partition coefficient (Wildman–Crippen LogP) is 2.42. The van der Waals surface area contributed by atoms with Crippen molar-refractivity contribution < 1.29 is 22.4 Å². The largest absolute Gasteiger partial charge is 0.399 e. The fourth-order valence-electron chi connectivity index (χ4n) is 1.07. The van der Waals surface area contributed by atoms with Crippen LogP contribution in [0.5, 0.6) is 0 Å². The van der Waals surface area contributed by atoms with Crippen molar-refractivity contribution >= 4 is 17.3 Å². The molecule has 1 aromatic rings. The molecule has 0 heterocycles. The zero-order chi connectivity index (χ0) is 13.2. The average molecular weight is 250 g/mol. The summed E-state index contributed by atoms with van der Waals surface area (Å²) in [5.41, 5.74) is 6.41. The first-order chi connectivity index (χ1) is 7.75. The smallest absolute Gasteiger partial charge is 0.383 e. The molecular weight excluding hydrogens is 240 g/mol. The van der Waals surface area contributed by atoms with Gasteiger partial charge in [0.2, 0.25) is 0 Å². The highest BCUT2D eigenvalue weighted by molar-refractivity contribution is 5.96. The van der Waals surface area contributed by atoms with Gasteiger partial charge in [0.1, 0.15) is 0 Å². The first kappa shape index (κ1) is 13.3. The van der Waals surface area contributed by atoms with E-state index in [2.05, 4.69) is 0 Å². The van der Waals surface area contributed by atoms with Gasteiger partial charge >= 0.3 is 18.3 Å². The van der Waals surface area contributed by atoms with E-state index in [4.69, 9.17) is 5.73 Å². The van der Waals surface area contributed by atoms with Crippen LogP contribution >= 0.6 is 0 Å². The lowest BCUT2D eigenvalue weighted by molar-refractivity contribution is -0.163. The van der Waals surface area contributed by atoms with E-state index in [9.17, 15) is 22.4 Å². The van der Waals surface area contributed by atoms with Gasteiger partial charge in [0.15, 0.2) is 0 Å². The number of benzene rings is 1. The minimum absolute atomic E-state index is 0.0120. The van der Waals surface area contributed by atoms with E-state index in [0.29, 0.717) is 11.3 Å². The van der Waals surface area contributed by atoms with E-state index >= 15 is 0 Å². The average Bonchev–Trinajstić information content (AvgIpc) is 2.23. The fourth-order valence-corrected chi connectivity index (χ4v) is 1.07. The van der Waals surface area contributed by atoms with Crippen molar-refractivity contribution in [3.63, 3.8) is 0 Å². The molecule has 17 heavy (non-hydrogen) atoms. The molecule has 0 saturated heterocycles. The molecule has 0 saturated carbocycles. The molecule has 3 N–H and O–H groups in total. The molecule has 0 aliphatic rings. The predicted molar refractivity (Wildman–Crippen MR) is 55.2 cm³/mol. The van der Waals surface area contributed by atoms with E-state index in [0.717, 1.165) is 0 Å². The third-order valence-electron chi connectivity index (χ3n) is 2.10. The van der Waals surface area contributed by atoms with Gasteiger partial charge in [-0.2, -0.15) is 8.78 Å². The molecule has 0 radical (unpaired) electrons. The number of nitrogen functional groups attached to an aromatic ring is 1. The highest BCUT2D eigenvalue weighted by atomic mass is 19.3. The molecular formula is C10H10F4N2O. The number of hydrogen-bond donors (Lipinski definition) is 2. The van der Waals surface area contributed by atoms with E-state index in [1.807, 2.05) is 0 Å². The number of alkyl halides is 4. The van der Waals surface area contributed by atoms with Gasteiger partial charge in [0.25, 0.3) is 0 Å². The van der Waals surface area contributed by atoms with E-state index in [1.165, 1.54) is 18.2 Å². The highest BCUT2D eigenvalue weighted by Crippen LogP contribution is 2.25. The molecule has 0 spiro atoms. The number of amides is 1. The lowest BCUT2D eigenvalue weighted by atomic mass is 10.2. The van der Waals surface area contributed by atoms with Crippen molar-refractivity contribution in [1.82, 2.24) is 0 Å². The van der Waals surface area contributed by atoms with Gasteiger partial charge < -0.3 is 11.1 Å². The molecule has 94 valence electrons. The summed E-state index contributed by atoms with van der Waals surface area (Å²) in [6.07, 6.45) is -4.04. The van der Waals surface area contributed by atoms with Gasteiger partial charge in [-0.15, -0.1) is 0 Å². The third-order valence-corrected chi connectivity index (χ3v) is 2.10. The van der Waals surface area contributed by atoms with Crippen LogP contribution in [0.3, 0.4) is 0 Å². The maximum Gasteiger partial charge on any atom is 0.383 e. The molecule has 1 rings (SSSR count). The Kier molecular flexibility index (Phi) is 3.59. The first-order valence-corrected chi connectivity index (χ1v) is 4.58. The molecule has 0 aromatic heterocycles. The fraction of sp³-hybridized carbons (Fsp3) is 0.300. The highest BCUT2D eigenvalue weighted by Gasteiger charge is 2.48. The molecule has 0 unspecified atom stereocenters. The SMILES string of the molecule is Cc1cc(NC(=O)C(F)(F)C(F)F)ccc1N. The third kappa shape index (κ3) is 2.86. The van der Waals surface area contributed by atoms with Gasteiger partial charge in [-0.05, 0) is 30.7 Å². The molecule has 0 atom stereocenters. The number of carbonyl (C=O) groups is 1. The minimum Gasteiger partial charge on any atom is -0.399 e. The van der Waals surface area contributed by atoms with Crippen molar-refractivity contribution in [2.24, 2.45) is 0 Å². The van der Waals surface area contributed by atoms with Crippen molar-refractivity contribution in [2.75, 3.05) is 11.1 Å². The maximum absolute atomic E-state index is 12.6. The Balaban J connectivity index is 2.85. The molecule has 3 nitrogen and oxygen atoms in total. The standard InChI is InChI=1S/C10H10F4N2O/c1-5-4-6(2-3-7(5)15)16-9(17)10(13,14)8(11)12/h2-4,8H,15H2,1H3,(H,16,17). The second-order valence-electron chi connectivity index (χ2n) is 3.45. The molecule has 0 aliphatic heterocycles. The number of hydrogen-bond acceptors (Lipinski definition) is 2. The van der Waals surface area contributed by atoms with Crippen LogP contribution in [0.25, 0.3) is 0 Å². The Morgan fingerprint density at radius 1 is 1.41 bits per heavy atom. The van der Waals surface area contributed by atoms with Crippen molar-refractivity contribution in [1.29, 1.82) is 0 Å². The van der Waals surface area contributed by atoms with Crippen LogP contribution in [0.2, 0.25) is 0 Å². The Labute approximate surface area is 94.6 Å². The summed E-state index contributed by atoms with van der Waals surface area (Å²) >= 11 is 0. The van der Waals surface area contributed by atoms with Crippen LogP contribution in [-0.2, 0) is 4.79 Å². The van der Waals surface area contributed by atoms with E-state index in [-0.39, 0.29) is 5.69 Å². The van der Waals surface area contributed by atoms with Crippen molar-refractivity contribution in [3.8, 4) is 0 Å². The summed E-state index contributed by atoms with van der Waals surface area (Å²) in [4.78, 5) is 10.9. The van der Waals surface area contributed by atoms with Gasteiger partial charge in [-0.25, -0.2) is 8.78 Å². The molecule has 7 heteroatoms. The number of halogens is 4. The molecule has 1 amide bonds. The van der Waals surface area contributed by atoms with Crippen LogP contribution in [0.4, 0.5) is 28.9 Å². The Morgan fingerprint density at radius 2 is 2.00 bits per heavy atom. The first-order valence-electron chi connectivity index (χ1n) is 4.58. The van der Waals surface area contributed by atoms with Crippen LogP contribution in [0.1, 0.15) is 5.56 Å². The number of rotatable bonds is 3. The molecule has 0 bridgehead atoms. The van der Waals surface area contributed by atoms with E-state index in [1.54, 1.807) is 12.2 Å². The topological polar surface area (TPSA) is 55.1 Å². The maximum atomic E-state index is 12.6. The van der Waals surface area contributed by atoms with Crippen LogP contribution in [-0.4, -0.2) is 18.3 Å². The summed E-state index contributed by atoms with van der Waals surface area (Å²) < 4.78 is 49.0. The number of nitrogens with one attached hydrogen (secondary N) is 1. The number of anilines is 2. The van der Waals surface area contributed by atoms with Gasteiger partial charge in [-0.3, -0.25) is 4.79 Å². The molecule has 0 fully saturated rings. The molecule has 1 aromatic carbocycles. The van der Waals surface area contributed by atoms with Gasteiger partial charge in [0, 0.05) is 11.4 Å². The zero-order valence-corrected chi connectivity index (χ0v) is 8.81. The van der Waals surface area contributed by atoms with Crippen molar-refractivity contribution in [3.05, 3.63) is 23.8 Å². The normalized spacial score (nSPS) is 11.6. The molecule has 0 aliphatic carbocycles. The lowest BCUT2D eigenvalue weighted by Gasteiger charge is -2.15. The van der Waals surface area contributed by atoms with Crippen molar-refractivity contribution in [2.45, 2.75) is 19.3 Å². The minimum atomic E-state index is -4.71. The van der Waals surface area contributed by atoms with Gasteiger partial charge in [-0.1, -0.05) is 0 Å². The Bertz CT molecular complexity index is 434. The van der Waals surface area contributed by atoms with Crippen LogP contribution in [0.15, 0.2) is 18.2 Å². The zero-order valence-electron chi connectivity index (χ0n) is 8.81. The van der Waals surface area contributed by atoms with E-state index < -0.39 is 18.3 Å². The quantitative estimate of drug-likeness (QED) is 0.639. The summed E-state index contributed by atoms with van der Waals surface area (Å²) in [7, 11) is 0. The second kappa shape index (κ2) is 4.60. The van der Waals surface area contributed by atoms with Crippen LogP contribution < -0.4 is 11.1 Å². The lowest BCUT2D eigenvalue weighted by Crippen LogP contribution is -2.40. The number of nitrogens with two attached hydrogens (primary N) is 1. The second-order valence-corrected chi connectivity index (χ2v) is 3.45. The summed E-state index contributed by atoms with van der Waals surface area (Å²) in [5, 5.41) is 1.71. The van der Waals surface area contributed by atoms with Crippen LogP contribution in [0, 0.1) is 6.92 Å².